The fourth-order valence-corrected chi connectivity index (χ4v) is 3.24. The molecular weight excluding hydrogens is 242 g/mol. The van der Waals surface area contributed by atoms with Crippen molar-refractivity contribution in [2.75, 3.05) is 12.4 Å². The molecule has 1 atom stereocenters. The van der Waals surface area contributed by atoms with Crippen LogP contribution in [0.2, 0.25) is 0 Å². The van der Waals surface area contributed by atoms with Gasteiger partial charge in [0.2, 0.25) is 0 Å². The number of aryl methyl sites for hydroxylation is 1. The molecule has 2 aromatic rings. The van der Waals surface area contributed by atoms with Crippen LogP contribution in [0.5, 0.6) is 5.75 Å². The van der Waals surface area contributed by atoms with Crippen LogP contribution in [0.15, 0.2) is 29.6 Å². The number of ether oxygens (including phenoxy) is 1. The van der Waals surface area contributed by atoms with Crippen LogP contribution in [0, 0.1) is 6.92 Å². The van der Waals surface area contributed by atoms with Crippen molar-refractivity contribution >= 4 is 17.0 Å². The van der Waals surface area contributed by atoms with Crippen LogP contribution in [-0.4, -0.2) is 13.2 Å². The Kier molecular flexibility index (Phi) is 3.00. The first kappa shape index (κ1) is 11.6. The van der Waals surface area contributed by atoms with E-state index >= 15 is 0 Å². The molecule has 3 rings (SSSR count). The van der Waals surface area contributed by atoms with Crippen LogP contribution in [0.1, 0.15) is 16.0 Å². The maximum atomic E-state index is 5.28. The van der Waals surface area contributed by atoms with Crippen LogP contribution >= 0.6 is 11.3 Å². The normalized spacial score (nSPS) is 17.6. The zero-order valence-electron chi connectivity index (χ0n) is 10.7. The highest BCUT2D eigenvalue weighted by molar-refractivity contribution is 7.10. The molecule has 1 aromatic carbocycles. The molecular formula is C15H17NOS. The number of benzene rings is 1. The number of hydrogen-bond acceptors (Lipinski definition) is 3. The number of thiophene rings is 1. The van der Waals surface area contributed by atoms with Crippen LogP contribution in [0.4, 0.5) is 5.69 Å². The smallest absolute Gasteiger partial charge is 0.119 e. The molecule has 94 valence electrons. The lowest BCUT2D eigenvalue weighted by Gasteiger charge is -2.12. The molecule has 0 amide bonds. The third kappa shape index (κ3) is 2.10. The minimum absolute atomic E-state index is 0.514. The Hall–Kier alpha value is -1.48. The fourth-order valence-electron chi connectivity index (χ4n) is 2.58. The van der Waals surface area contributed by atoms with Gasteiger partial charge in [-0.15, -0.1) is 11.3 Å². The third-order valence-corrected chi connectivity index (χ3v) is 4.41. The van der Waals surface area contributed by atoms with E-state index in [2.05, 4.69) is 41.9 Å². The number of nitrogens with one attached hydrogen (secondary N) is 1. The molecule has 1 aromatic heterocycles. The molecule has 1 unspecified atom stereocenters. The molecule has 3 heteroatoms. The Bertz CT molecular complexity index is 561. The molecule has 1 aliphatic rings. The van der Waals surface area contributed by atoms with Gasteiger partial charge >= 0.3 is 0 Å². The van der Waals surface area contributed by atoms with E-state index < -0.39 is 0 Å². The number of hydrogen-bond donors (Lipinski definition) is 1. The molecule has 2 nitrogen and oxygen atoms in total. The lowest BCUT2D eigenvalue weighted by atomic mass is 10.1. The van der Waals surface area contributed by atoms with Crippen molar-refractivity contribution in [3.63, 3.8) is 0 Å². The highest BCUT2D eigenvalue weighted by Gasteiger charge is 2.22. The summed E-state index contributed by atoms with van der Waals surface area (Å²) in [7, 11) is 1.72. The van der Waals surface area contributed by atoms with E-state index in [-0.39, 0.29) is 0 Å². The van der Waals surface area contributed by atoms with Gasteiger partial charge in [0.25, 0.3) is 0 Å². The Morgan fingerprint density at radius 2 is 2.06 bits per heavy atom. The second kappa shape index (κ2) is 4.65. The van der Waals surface area contributed by atoms with Crippen molar-refractivity contribution < 1.29 is 4.74 Å². The summed E-state index contributed by atoms with van der Waals surface area (Å²) in [6, 6.07) is 9.09. The minimum Gasteiger partial charge on any atom is -0.497 e. The van der Waals surface area contributed by atoms with Crippen molar-refractivity contribution in [3.05, 3.63) is 45.6 Å². The Morgan fingerprint density at radius 3 is 2.78 bits per heavy atom. The fraction of sp³-hybridized carbons (Fsp3) is 0.333. The van der Waals surface area contributed by atoms with Crippen molar-refractivity contribution in [1.82, 2.24) is 0 Å². The number of anilines is 1. The van der Waals surface area contributed by atoms with Crippen LogP contribution in [0.25, 0.3) is 0 Å². The van der Waals surface area contributed by atoms with Gasteiger partial charge in [0.1, 0.15) is 5.75 Å². The zero-order valence-corrected chi connectivity index (χ0v) is 11.5. The van der Waals surface area contributed by atoms with Gasteiger partial charge < -0.3 is 10.1 Å². The summed E-state index contributed by atoms with van der Waals surface area (Å²) in [5, 5.41) is 5.78. The van der Waals surface area contributed by atoms with E-state index in [4.69, 9.17) is 4.74 Å². The Labute approximate surface area is 112 Å². The molecule has 0 spiro atoms. The first-order valence-electron chi connectivity index (χ1n) is 6.22. The van der Waals surface area contributed by atoms with Crippen LogP contribution in [-0.2, 0) is 12.8 Å². The summed E-state index contributed by atoms with van der Waals surface area (Å²) in [6.07, 6.45) is 2.19. The summed E-state index contributed by atoms with van der Waals surface area (Å²) in [5.41, 5.74) is 4.14. The molecule has 1 heterocycles. The molecule has 0 radical (unpaired) electrons. The largest absolute Gasteiger partial charge is 0.497 e. The molecule has 0 saturated carbocycles. The van der Waals surface area contributed by atoms with Gasteiger partial charge in [0.15, 0.2) is 0 Å². The van der Waals surface area contributed by atoms with E-state index in [1.54, 1.807) is 18.4 Å². The van der Waals surface area contributed by atoms with Gasteiger partial charge in [-0.25, -0.2) is 0 Å². The molecule has 0 fully saturated rings. The van der Waals surface area contributed by atoms with Crippen molar-refractivity contribution in [2.45, 2.75) is 25.8 Å². The van der Waals surface area contributed by atoms with Gasteiger partial charge in [-0.2, -0.15) is 0 Å². The molecule has 1 N–H and O–H groups in total. The number of fused-ring (bicyclic) bond motifs is 1. The molecule has 0 bridgehead atoms. The first-order chi connectivity index (χ1) is 8.76. The van der Waals surface area contributed by atoms with E-state index in [9.17, 15) is 0 Å². The van der Waals surface area contributed by atoms with Gasteiger partial charge in [0, 0.05) is 16.6 Å². The summed E-state index contributed by atoms with van der Waals surface area (Å²) in [5.74, 6) is 0.959. The topological polar surface area (TPSA) is 21.3 Å². The molecule has 1 aliphatic carbocycles. The maximum absolute atomic E-state index is 5.28. The monoisotopic (exact) mass is 259 g/mol. The second-order valence-electron chi connectivity index (χ2n) is 4.77. The number of rotatable bonds is 3. The summed E-state index contributed by atoms with van der Waals surface area (Å²) >= 11 is 1.80. The van der Waals surface area contributed by atoms with E-state index in [1.807, 2.05) is 0 Å². The standard InChI is InChI=1S/C15H17NOS/c1-10-15(5-6-18-10)16-13-7-11-3-4-14(17-2)9-12(11)8-13/h3-6,9,13,16H,7-8H2,1-2H3. The average Bonchev–Trinajstić information content (AvgIpc) is 2.95. The van der Waals surface area contributed by atoms with Crippen LogP contribution < -0.4 is 10.1 Å². The quantitative estimate of drug-likeness (QED) is 0.908. The predicted octanol–water partition coefficient (Wildman–Crippen LogP) is 3.64. The highest BCUT2D eigenvalue weighted by atomic mass is 32.1. The maximum Gasteiger partial charge on any atom is 0.119 e. The van der Waals surface area contributed by atoms with Crippen molar-refractivity contribution in [2.24, 2.45) is 0 Å². The summed E-state index contributed by atoms with van der Waals surface area (Å²) < 4.78 is 5.28. The van der Waals surface area contributed by atoms with E-state index in [0.29, 0.717) is 6.04 Å². The van der Waals surface area contributed by atoms with E-state index in [0.717, 1.165) is 18.6 Å². The van der Waals surface area contributed by atoms with Gasteiger partial charge in [-0.3, -0.25) is 0 Å². The average molecular weight is 259 g/mol. The SMILES string of the molecule is COc1ccc2c(c1)CC(Nc1ccsc1C)C2. The Morgan fingerprint density at radius 1 is 1.22 bits per heavy atom. The summed E-state index contributed by atoms with van der Waals surface area (Å²) in [6.45, 7) is 2.16. The predicted molar refractivity (Wildman–Crippen MR) is 76.9 cm³/mol. The lowest BCUT2D eigenvalue weighted by molar-refractivity contribution is 0.414. The van der Waals surface area contributed by atoms with Crippen molar-refractivity contribution in [3.8, 4) is 5.75 Å². The lowest BCUT2D eigenvalue weighted by Crippen LogP contribution is -2.19. The molecule has 0 aliphatic heterocycles. The van der Waals surface area contributed by atoms with Crippen molar-refractivity contribution in [1.29, 1.82) is 0 Å². The first-order valence-corrected chi connectivity index (χ1v) is 7.10. The van der Waals surface area contributed by atoms with Gasteiger partial charge in [-0.05, 0) is 54.5 Å². The number of methoxy groups -OCH3 is 1. The molecule has 18 heavy (non-hydrogen) atoms. The second-order valence-corrected chi connectivity index (χ2v) is 5.89. The molecule has 0 saturated heterocycles. The minimum atomic E-state index is 0.514. The van der Waals surface area contributed by atoms with Crippen LogP contribution in [0.3, 0.4) is 0 Å². The zero-order chi connectivity index (χ0) is 12.5. The Balaban J connectivity index is 1.75. The van der Waals surface area contributed by atoms with E-state index in [1.165, 1.54) is 21.7 Å². The highest BCUT2D eigenvalue weighted by Crippen LogP contribution is 2.29. The van der Waals surface area contributed by atoms with Gasteiger partial charge in [0.05, 0.1) is 7.11 Å². The summed E-state index contributed by atoms with van der Waals surface area (Å²) in [4.78, 5) is 1.36. The third-order valence-electron chi connectivity index (χ3n) is 3.56. The van der Waals surface area contributed by atoms with Gasteiger partial charge in [-0.1, -0.05) is 6.07 Å².